The first-order chi connectivity index (χ1) is 13.2. The number of hydrogen-bond acceptors (Lipinski definition) is 0. The molecule has 1 saturated carbocycles. The topological polar surface area (TPSA) is 0 Å². The molecule has 0 heterocycles. The normalized spacial score (nSPS) is 16.9. The van der Waals surface area contributed by atoms with E-state index in [1.807, 2.05) is 15.3 Å². The molecular formula is C24H22Cl2F2Zr. The largest absolute Gasteiger partial charge is 1.00 e. The first-order valence-electron chi connectivity index (χ1n) is 9.89. The van der Waals surface area contributed by atoms with Crippen molar-refractivity contribution < 1.29 is 54.9 Å². The van der Waals surface area contributed by atoms with Crippen molar-refractivity contribution in [3.8, 4) is 11.1 Å². The van der Waals surface area contributed by atoms with Crippen LogP contribution in [0.4, 0.5) is 8.78 Å². The minimum absolute atomic E-state index is 0. The fourth-order valence-electron chi connectivity index (χ4n) is 5.02. The third-order valence-electron chi connectivity index (χ3n) is 6.19. The Bertz CT molecular complexity index is 964. The predicted octanol–water partition coefficient (Wildman–Crippen LogP) is 0.641. The molecule has 0 amide bonds. The number of hydrogen-bond donors (Lipinski definition) is 0. The van der Waals surface area contributed by atoms with Crippen LogP contribution < -0.4 is 24.8 Å². The molecule has 5 heteroatoms. The Hall–Kier alpha value is -0.887. The second-order valence-corrected chi connectivity index (χ2v) is 14.6. The van der Waals surface area contributed by atoms with E-state index in [1.54, 1.807) is 27.5 Å². The van der Waals surface area contributed by atoms with E-state index in [9.17, 15) is 8.78 Å². The summed E-state index contributed by atoms with van der Waals surface area (Å²) in [5, 5.41) is 0. The van der Waals surface area contributed by atoms with Gasteiger partial charge in [-0.25, -0.2) is 0 Å². The molecule has 5 rings (SSSR count). The van der Waals surface area contributed by atoms with Gasteiger partial charge < -0.3 is 24.8 Å². The van der Waals surface area contributed by atoms with Gasteiger partial charge in [0.05, 0.1) is 0 Å². The Labute approximate surface area is 191 Å². The standard InChI is InChI=1S/C13H7F2.C6H10.C5H5.2ClH.Zr/c14-10-3-1-8-5-9-2-4-11(15)7-13(9)12(8)6-10;1-2-4-6-5-3-1;1-2-4-5-3-1;;;/h1-7H;1-5H2;1-3H,4H2;2*1H;/q;;;;;+2/p-2. The fourth-order valence-corrected chi connectivity index (χ4v) is 14.5. The SMILES string of the molecule is Fc1ccc2c(c1)-c1cc(F)ccc1[CH]2[Zr+2]([C]1=CC=CC1)=[C]1CCCCC1.[Cl-].[Cl-]. The summed E-state index contributed by atoms with van der Waals surface area (Å²) >= 11 is -2.20. The van der Waals surface area contributed by atoms with Crippen LogP contribution in [0.3, 0.4) is 0 Å². The van der Waals surface area contributed by atoms with Gasteiger partial charge >= 0.3 is 167 Å². The van der Waals surface area contributed by atoms with Crippen LogP contribution in [0.2, 0.25) is 0 Å². The number of allylic oxidation sites excluding steroid dienone is 4. The fraction of sp³-hybridized carbons (Fsp3) is 0.292. The van der Waals surface area contributed by atoms with Gasteiger partial charge in [0.1, 0.15) is 0 Å². The molecule has 2 aromatic carbocycles. The van der Waals surface area contributed by atoms with E-state index >= 15 is 0 Å². The van der Waals surface area contributed by atoms with Gasteiger partial charge in [0, 0.05) is 0 Å². The maximum atomic E-state index is 14.0. The van der Waals surface area contributed by atoms with Gasteiger partial charge in [-0.1, -0.05) is 0 Å². The van der Waals surface area contributed by atoms with Crippen molar-refractivity contribution in [2.24, 2.45) is 0 Å². The van der Waals surface area contributed by atoms with Crippen molar-refractivity contribution in [2.45, 2.75) is 42.2 Å². The summed E-state index contributed by atoms with van der Waals surface area (Å²) in [7, 11) is 0. The molecule has 0 bridgehead atoms. The molecule has 1 fully saturated rings. The second-order valence-electron chi connectivity index (χ2n) is 7.80. The third kappa shape index (κ3) is 4.16. The Kier molecular flexibility index (Phi) is 7.47. The summed E-state index contributed by atoms with van der Waals surface area (Å²) in [6.07, 6.45) is 14.4. The van der Waals surface area contributed by atoms with Crippen molar-refractivity contribution in [1.82, 2.24) is 0 Å². The molecule has 0 unspecified atom stereocenters. The van der Waals surface area contributed by atoms with Gasteiger partial charge in [0.2, 0.25) is 0 Å². The van der Waals surface area contributed by atoms with Crippen LogP contribution in [0.25, 0.3) is 11.1 Å². The molecule has 0 saturated heterocycles. The number of halogens is 4. The second kappa shape index (κ2) is 9.50. The van der Waals surface area contributed by atoms with Gasteiger partial charge in [-0.05, 0) is 0 Å². The van der Waals surface area contributed by atoms with Gasteiger partial charge in [0.15, 0.2) is 0 Å². The average Bonchev–Trinajstić information content (AvgIpc) is 3.31. The molecule has 3 aliphatic rings. The molecule has 150 valence electrons. The summed E-state index contributed by atoms with van der Waals surface area (Å²) in [4.78, 5) is 0. The molecule has 0 atom stereocenters. The Morgan fingerprint density at radius 1 is 0.793 bits per heavy atom. The Balaban J connectivity index is 0.00000120. The summed E-state index contributed by atoms with van der Waals surface area (Å²) < 4.78 is 31.9. The van der Waals surface area contributed by atoms with Crippen LogP contribution in [0, 0.1) is 11.6 Å². The number of fused-ring (bicyclic) bond motifs is 3. The summed E-state index contributed by atoms with van der Waals surface area (Å²) in [6, 6.07) is 10.3. The molecule has 2 aromatic rings. The van der Waals surface area contributed by atoms with Crippen LogP contribution in [-0.4, -0.2) is 3.21 Å². The van der Waals surface area contributed by atoms with E-state index in [2.05, 4.69) is 18.2 Å². The quantitative estimate of drug-likeness (QED) is 0.557. The molecule has 0 spiro atoms. The monoisotopic (exact) mass is 508 g/mol. The molecule has 3 aliphatic carbocycles. The van der Waals surface area contributed by atoms with E-state index in [-0.39, 0.29) is 36.4 Å². The zero-order valence-corrected chi connectivity index (χ0v) is 20.0. The maximum absolute atomic E-state index is 14.0. The van der Waals surface area contributed by atoms with Crippen LogP contribution in [0.1, 0.15) is 53.3 Å². The molecule has 0 radical (unpaired) electrons. The summed E-state index contributed by atoms with van der Waals surface area (Å²) in [6.45, 7) is 0. The van der Waals surface area contributed by atoms with E-state index in [0.29, 0.717) is 3.63 Å². The predicted molar refractivity (Wildman–Crippen MR) is 104 cm³/mol. The van der Waals surface area contributed by atoms with Crippen LogP contribution in [0.5, 0.6) is 0 Å². The van der Waals surface area contributed by atoms with Crippen molar-refractivity contribution >= 4 is 3.21 Å². The van der Waals surface area contributed by atoms with Crippen LogP contribution in [-0.2, 0) is 21.3 Å². The average molecular weight is 511 g/mol. The maximum Gasteiger partial charge on any atom is -1.00 e. The van der Waals surface area contributed by atoms with Crippen molar-refractivity contribution in [2.75, 3.05) is 0 Å². The first kappa shape index (κ1) is 22.8. The van der Waals surface area contributed by atoms with Gasteiger partial charge in [0.25, 0.3) is 0 Å². The minimum Gasteiger partial charge on any atom is -1.00 e. The minimum atomic E-state index is -2.20. The van der Waals surface area contributed by atoms with E-state index in [4.69, 9.17) is 0 Å². The van der Waals surface area contributed by atoms with Crippen molar-refractivity contribution in [3.63, 3.8) is 0 Å². The van der Waals surface area contributed by atoms with Crippen molar-refractivity contribution in [3.05, 3.63) is 80.7 Å². The van der Waals surface area contributed by atoms with Crippen LogP contribution >= 0.6 is 0 Å². The van der Waals surface area contributed by atoms with Gasteiger partial charge in [-0.3, -0.25) is 0 Å². The smallest absolute Gasteiger partial charge is 1.00 e. The molecule has 29 heavy (non-hydrogen) atoms. The van der Waals surface area contributed by atoms with Gasteiger partial charge in [-0.15, -0.1) is 0 Å². The van der Waals surface area contributed by atoms with Gasteiger partial charge in [-0.2, -0.15) is 0 Å². The number of rotatable bonds is 2. The van der Waals surface area contributed by atoms with E-state index < -0.39 is 21.3 Å². The van der Waals surface area contributed by atoms with E-state index in [0.717, 1.165) is 17.5 Å². The zero-order chi connectivity index (χ0) is 18.4. The first-order valence-corrected chi connectivity index (χ1v) is 13.8. The zero-order valence-electron chi connectivity index (χ0n) is 16.0. The molecule has 0 nitrogen and oxygen atoms in total. The number of benzene rings is 2. The van der Waals surface area contributed by atoms with Crippen molar-refractivity contribution in [1.29, 1.82) is 0 Å². The Morgan fingerprint density at radius 2 is 1.38 bits per heavy atom. The molecule has 0 aromatic heterocycles. The molecular weight excluding hydrogens is 488 g/mol. The molecule has 0 aliphatic heterocycles. The van der Waals surface area contributed by atoms with Crippen LogP contribution in [0.15, 0.2) is 57.9 Å². The molecule has 0 N–H and O–H groups in total. The summed E-state index contributed by atoms with van der Waals surface area (Å²) in [5.74, 6) is -0.469. The Morgan fingerprint density at radius 3 is 1.90 bits per heavy atom. The summed E-state index contributed by atoms with van der Waals surface area (Å²) in [5.41, 5.74) is 4.29. The van der Waals surface area contributed by atoms with E-state index in [1.165, 1.54) is 43.2 Å². The third-order valence-corrected chi connectivity index (χ3v) is 14.8.